The van der Waals surface area contributed by atoms with Crippen LogP contribution in [0.5, 0.6) is 0 Å². The van der Waals surface area contributed by atoms with Gasteiger partial charge in [-0.1, -0.05) is 51.1 Å². The summed E-state index contributed by atoms with van der Waals surface area (Å²) >= 11 is 0. The highest BCUT2D eigenvalue weighted by Crippen LogP contribution is 2.43. The average molecular weight is 318 g/mol. The van der Waals surface area contributed by atoms with E-state index in [0.29, 0.717) is 31.0 Å². The lowest BCUT2D eigenvalue weighted by molar-refractivity contribution is -0.337. The molecule has 1 spiro atoms. The highest BCUT2D eigenvalue weighted by Gasteiger charge is 2.47. The summed E-state index contributed by atoms with van der Waals surface area (Å²) in [6, 6.07) is 10.3. The third kappa shape index (κ3) is 3.96. The van der Waals surface area contributed by atoms with Crippen molar-refractivity contribution in [2.45, 2.75) is 58.5 Å². The first-order valence-electron chi connectivity index (χ1n) is 9.02. The van der Waals surface area contributed by atoms with Crippen LogP contribution in [-0.4, -0.2) is 25.1 Å². The van der Waals surface area contributed by atoms with Crippen LogP contribution in [0.3, 0.4) is 0 Å². The largest absolute Gasteiger partial charge is 0.374 e. The zero-order chi connectivity index (χ0) is 16.3. The zero-order valence-electron chi connectivity index (χ0n) is 14.7. The third-order valence-electron chi connectivity index (χ3n) is 5.45. The van der Waals surface area contributed by atoms with Gasteiger partial charge in [0.1, 0.15) is 0 Å². The van der Waals surface area contributed by atoms with Crippen molar-refractivity contribution in [3.05, 3.63) is 35.9 Å². The Morgan fingerprint density at radius 3 is 2.70 bits per heavy atom. The summed E-state index contributed by atoms with van der Waals surface area (Å²) in [6.45, 7) is 8.90. The normalized spacial score (nSPS) is 37.9. The van der Waals surface area contributed by atoms with Crippen LogP contribution < -0.4 is 0 Å². The van der Waals surface area contributed by atoms with E-state index in [1.54, 1.807) is 0 Å². The van der Waals surface area contributed by atoms with Gasteiger partial charge in [0.2, 0.25) is 0 Å². The number of hydrogen-bond donors (Lipinski definition) is 0. The molecule has 0 unspecified atom stereocenters. The van der Waals surface area contributed by atoms with Crippen LogP contribution in [0.15, 0.2) is 30.3 Å². The molecule has 0 amide bonds. The lowest BCUT2D eigenvalue weighted by Gasteiger charge is -2.50. The van der Waals surface area contributed by atoms with Crippen molar-refractivity contribution in [3.63, 3.8) is 0 Å². The van der Waals surface area contributed by atoms with E-state index in [9.17, 15) is 0 Å². The second-order valence-corrected chi connectivity index (χ2v) is 7.54. The van der Waals surface area contributed by atoms with Crippen LogP contribution in [0.1, 0.15) is 45.6 Å². The topological polar surface area (TPSA) is 27.7 Å². The van der Waals surface area contributed by atoms with Gasteiger partial charge in [0.15, 0.2) is 5.79 Å². The Hall–Kier alpha value is -0.900. The highest BCUT2D eigenvalue weighted by atomic mass is 16.7. The summed E-state index contributed by atoms with van der Waals surface area (Å²) in [7, 11) is 0. The van der Waals surface area contributed by atoms with Crippen molar-refractivity contribution < 1.29 is 14.2 Å². The number of ether oxygens (including phenoxy) is 3. The lowest BCUT2D eigenvalue weighted by Crippen LogP contribution is -2.54. The Morgan fingerprint density at radius 2 is 1.96 bits per heavy atom. The molecule has 3 nitrogen and oxygen atoms in total. The van der Waals surface area contributed by atoms with E-state index in [1.807, 2.05) is 18.2 Å². The molecule has 23 heavy (non-hydrogen) atoms. The summed E-state index contributed by atoms with van der Waals surface area (Å²) in [5.41, 5.74) is 1.21. The van der Waals surface area contributed by atoms with Crippen molar-refractivity contribution in [1.29, 1.82) is 0 Å². The predicted molar refractivity (Wildman–Crippen MR) is 91.0 cm³/mol. The number of benzene rings is 1. The van der Waals surface area contributed by atoms with Crippen molar-refractivity contribution >= 4 is 0 Å². The minimum atomic E-state index is -0.375. The van der Waals surface area contributed by atoms with E-state index >= 15 is 0 Å². The maximum Gasteiger partial charge on any atom is 0.171 e. The van der Waals surface area contributed by atoms with E-state index in [4.69, 9.17) is 14.2 Å². The minimum Gasteiger partial charge on any atom is -0.374 e. The zero-order valence-corrected chi connectivity index (χ0v) is 14.7. The molecule has 2 heterocycles. The summed E-state index contributed by atoms with van der Waals surface area (Å²) in [5, 5.41) is 0. The predicted octanol–water partition coefficient (Wildman–Crippen LogP) is 4.41. The molecule has 2 aliphatic heterocycles. The Bertz CT molecular complexity index is 485. The Labute approximate surface area is 140 Å². The lowest BCUT2D eigenvalue weighted by atomic mass is 9.80. The van der Waals surface area contributed by atoms with E-state index < -0.39 is 0 Å². The number of hydrogen-bond acceptors (Lipinski definition) is 3. The second-order valence-electron chi connectivity index (χ2n) is 7.54. The Morgan fingerprint density at radius 1 is 1.17 bits per heavy atom. The Kier molecular flexibility index (Phi) is 5.40. The summed E-state index contributed by atoms with van der Waals surface area (Å²) in [4.78, 5) is 0. The molecule has 1 aromatic carbocycles. The summed E-state index contributed by atoms with van der Waals surface area (Å²) in [5.74, 6) is 1.23. The first kappa shape index (κ1) is 16.9. The smallest absolute Gasteiger partial charge is 0.171 e. The molecule has 3 rings (SSSR count). The summed E-state index contributed by atoms with van der Waals surface area (Å²) < 4.78 is 18.6. The van der Waals surface area contributed by atoms with Crippen molar-refractivity contribution in [1.82, 2.24) is 0 Å². The van der Waals surface area contributed by atoms with Crippen molar-refractivity contribution in [2.24, 2.45) is 17.8 Å². The fourth-order valence-electron chi connectivity index (χ4n) is 3.86. The molecule has 0 bridgehead atoms. The fourth-order valence-corrected chi connectivity index (χ4v) is 3.86. The highest BCUT2D eigenvalue weighted by molar-refractivity contribution is 5.13. The van der Waals surface area contributed by atoms with Crippen LogP contribution in [-0.2, 0) is 20.8 Å². The van der Waals surface area contributed by atoms with E-state index in [-0.39, 0.29) is 11.9 Å². The maximum absolute atomic E-state index is 6.48. The molecule has 0 aromatic heterocycles. The molecular weight excluding hydrogens is 288 g/mol. The molecule has 2 fully saturated rings. The maximum atomic E-state index is 6.48. The van der Waals surface area contributed by atoms with Crippen molar-refractivity contribution in [2.75, 3.05) is 13.2 Å². The van der Waals surface area contributed by atoms with Gasteiger partial charge in [-0.2, -0.15) is 0 Å². The first-order chi connectivity index (χ1) is 11.1. The van der Waals surface area contributed by atoms with Crippen LogP contribution in [0.2, 0.25) is 0 Å². The second kappa shape index (κ2) is 7.33. The SMILES string of the molecule is C[C@@H]1CO[C@]2(CC[C@@H](C)[C@H](COCc3ccccc3)O2)[C@@H](C)C1. The van der Waals surface area contributed by atoms with Gasteiger partial charge in [0, 0.05) is 12.3 Å². The molecule has 1 aromatic rings. The number of rotatable bonds is 4. The molecule has 0 saturated carbocycles. The standard InChI is InChI=1S/C20H30O3/c1-15-11-17(3)20(22-12-15)10-9-16(2)19(23-20)14-21-13-18-7-5-4-6-8-18/h4-8,15-17,19H,9-14H2,1-3H3/t15-,16+,17-,19-,20-/m0/s1. The van der Waals surface area contributed by atoms with E-state index in [2.05, 4.69) is 32.9 Å². The third-order valence-corrected chi connectivity index (χ3v) is 5.45. The van der Waals surface area contributed by atoms with Crippen LogP contribution in [0.4, 0.5) is 0 Å². The molecular formula is C20H30O3. The van der Waals surface area contributed by atoms with Crippen LogP contribution >= 0.6 is 0 Å². The van der Waals surface area contributed by atoms with Gasteiger partial charge in [0.25, 0.3) is 0 Å². The molecule has 3 heteroatoms. The average Bonchev–Trinajstić information content (AvgIpc) is 2.55. The van der Waals surface area contributed by atoms with Gasteiger partial charge in [0.05, 0.1) is 25.9 Å². The summed E-state index contributed by atoms with van der Waals surface area (Å²) in [6.07, 6.45) is 3.48. The Balaban J connectivity index is 1.56. The quantitative estimate of drug-likeness (QED) is 0.823. The molecule has 0 N–H and O–H groups in total. The minimum absolute atomic E-state index is 0.128. The van der Waals surface area contributed by atoms with Crippen LogP contribution in [0, 0.1) is 17.8 Å². The fraction of sp³-hybridized carbons (Fsp3) is 0.700. The monoisotopic (exact) mass is 318 g/mol. The first-order valence-corrected chi connectivity index (χ1v) is 9.02. The van der Waals surface area contributed by atoms with E-state index in [0.717, 1.165) is 19.4 Å². The molecule has 128 valence electrons. The molecule has 2 aliphatic rings. The molecule has 0 radical (unpaired) electrons. The molecule has 2 saturated heterocycles. The van der Waals surface area contributed by atoms with Gasteiger partial charge in [-0.05, 0) is 30.2 Å². The van der Waals surface area contributed by atoms with Gasteiger partial charge in [-0.3, -0.25) is 0 Å². The van der Waals surface area contributed by atoms with E-state index in [1.165, 1.54) is 12.0 Å². The van der Waals surface area contributed by atoms with Gasteiger partial charge >= 0.3 is 0 Å². The molecule has 5 atom stereocenters. The van der Waals surface area contributed by atoms with Crippen LogP contribution in [0.25, 0.3) is 0 Å². The van der Waals surface area contributed by atoms with Gasteiger partial charge in [-0.15, -0.1) is 0 Å². The van der Waals surface area contributed by atoms with Gasteiger partial charge < -0.3 is 14.2 Å². The van der Waals surface area contributed by atoms with Crippen molar-refractivity contribution in [3.8, 4) is 0 Å². The molecule has 0 aliphatic carbocycles. The van der Waals surface area contributed by atoms with Gasteiger partial charge in [-0.25, -0.2) is 0 Å².